The summed E-state index contributed by atoms with van der Waals surface area (Å²) >= 11 is 0. The number of nitrogens with two attached hydrogens (primary N) is 1. The molecule has 0 amide bonds. The first-order chi connectivity index (χ1) is 16.9. The fourth-order valence-corrected chi connectivity index (χ4v) is 4.87. The van der Waals surface area contributed by atoms with Crippen molar-refractivity contribution in [3.63, 3.8) is 0 Å². The fraction of sp³-hybridized carbons (Fsp3) is 0.630. The maximum atomic E-state index is 9.47. The molecule has 1 aliphatic rings. The summed E-state index contributed by atoms with van der Waals surface area (Å²) in [5, 5.41) is 13.0. The van der Waals surface area contributed by atoms with Crippen molar-refractivity contribution in [2.24, 2.45) is 0 Å². The number of hydrogen-bond acceptors (Lipinski definition) is 8. The number of rotatable bonds is 14. The number of methoxy groups -OCH3 is 1. The average molecular weight is 486 g/mol. The first kappa shape index (κ1) is 27.0. The molecule has 1 fully saturated rings. The lowest BCUT2D eigenvalue weighted by atomic mass is 10.0. The van der Waals surface area contributed by atoms with Crippen molar-refractivity contribution >= 4 is 11.8 Å². The third-order valence-electron chi connectivity index (χ3n) is 6.86. The monoisotopic (exact) mass is 485 g/mol. The van der Waals surface area contributed by atoms with Gasteiger partial charge in [0.25, 0.3) is 0 Å². The summed E-state index contributed by atoms with van der Waals surface area (Å²) in [5.74, 6) is 2.56. The number of nitrogens with zero attached hydrogens (tertiary/aromatic N) is 3. The molecule has 1 aromatic carbocycles. The number of nitrogen functional groups attached to an aromatic ring is 1. The lowest BCUT2D eigenvalue weighted by Gasteiger charge is -2.21. The third-order valence-corrected chi connectivity index (χ3v) is 6.86. The SMILES string of the molecule is CCC[C@@H](CCO)Nc1nc(N)nc(C)c1Cc1ccc(OCCCN2CCC[C@H]2C)cc1OC. The molecule has 0 spiro atoms. The summed E-state index contributed by atoms with van der Waals surface area (Å²) in [6, 6.07) is 6.82. The van der Waals surface area contributed by atoms with Crippen LogP contribution in [0.3, 0.4) is 0 Å². The van der Waals surface area contributed by atoms with Crippen LogP contribution in [0.5, 0.6) is 11.5 Å². The number of anilines is 2. The quantitative estimate of drug-likeness (QED) is 0.342. The van der Waals surface area contributed by atoms with E-state index in [9.17, 15) is 5.11 Å². The normalized spacial score (nSPS) is 16.9. The van der Waals surface area contributed by atoms with E-state index in [2.05, 4.69) is 34.0 Å². The number of aliphatic hydroxyl groups is 1. The summed E-state index contributed by atoms with van der Waals surface area (Å²) in [7, 11) is 1.68. The summed E-state index contributed by atoms with van der Waals surface area (Å²) in [5.41, 5.74) is 8.81. The molecule has 1 aromatic heterocycles. The lowest BCUT2D eigenvalue weighted by molar-refractivity contribution is 0.230. The molecular weight excluding hydrogens is 442 g/mol. The second-order valence-corrected chi connectivity index (χ2v) is 9.52. The number of nitrogens with one attached hydrogen (secondary N) is 1. The molecule has 4 N–H and O–H groups in total. The van der Waals surface area contributed by atoms with Crippen molar-refractivity contribution in [1.29, 1.82) is 0 Å². The van der Waals surface area contributed by atoms with E-state index in [-0.39, 0.29) is 18.6 Å². The summed E-state index contributed by atoms with van der Waals surface area (Å²) in [4.78, 5) is 11.4. The number of aromatic nitrogens is 2. The molecular formula is C27H43N5O3. The van der Waals surface area contributed by atoms with E-state index < -0.39 is 0 Å². The molecule has 194 valence electrons. The minimum absolute atomic E-state index is 0.124. The maximum Gasteiger partial charge on any atom is 0.222 e. The molecule has 3 rings (SSSR count). The zero-order valence-corrected chi connectivity index (χ0v) is 21.8. The molecule has 2 atom stereocenters. The Balaban J connectivity index is 1.69. The van der Waals surface area contributed by atoms with Crippen LogP contribution in [-0.4, -0.2) is 65.5 Å². The van der Waals surface area contributed by atoms with Crippen LogP contribution in [0.25, 0.3) is 0 Å². The van der Waals surface area contributed by atoms with Gasteiger partial charge in [-0.2, -0.15) is 4.98 Å². The summed E-state index contributed by atoms with van der Waals surface area (Å²) in [6.45, 7) is 9.49. The van der Waals surface area contributed by atoms with E-state index in [0.717, 1.165) is 59.9 Å². The van der Waals surface area contributed by atoms with Crippen LogP contribution >= 0.6 is 0 Å². The minimum atomic E-state index is 0.124. The van der Waals surface area contributed by atoms with Crippen molar-refractivity contribution in [3.8, 4) is 11.5 Å². The van der Waals surface area contributed by atoms with Gasteiger partial charge in [-0.1, -0.05) is 19.4 Å². The van der Waals surface area contributed by atoms with E-state index in [1.165, 1.54) is 19.4 Å². The summed E-state index contributed by atoms with van der Waals surface area (Å²) < 4.78 is 11.7. The molecule has 8 heteroatoms. The van der Waals surface area contributed by atoms with Crippen LogP contribution in [0.2, 0.25) is 0 Å². The number of likely N-dealkylation sites (tertiary alicyclic amines) is 1. The molecule has 0 unspecified atom stereocenters. The highest BCUT2D eigenvalue weighted by molar-refractivity contribution is 5.54. The minimum Gasteiger partial charge on any atom is -0.496 e. The van der Waals surface area contributed by atoms with Crippen LogP contribution in [0.1, 0.15) is 69.2 Å². The summed E-state index contributed by atoms with van der Waals surface area (Å²) in [6.07, 6.45) is 6.82. The Morgan fingerprint density at radius 1 is 1.29 bits per heavy atom. The van der Waals surface area contributed by atoms with Gasteiger partial charge in [-0.3, -0.25) is 0 Å². The lowest BCUT2D eigenvalue weighted by Crippen LogP contribution is -2.28. The van der Waals surface area contributed by atoms with E-state index in [4.69, 9.17) is 15.2 Å². The molecule has 2 aromatic rings. The standard InChI is InChI=1S/C27H43N5O3/c1-5-8-22(12-15-33)30-26-24(20(3)29-27(28)31-26)17-21-10-11-23(18-25(21)34-4)35-16-7-14-32-13-6-9-19(32)2/h10-11,18-19,22,33H,5-9,12-17H2,1-4H3,(H3,28,29,30,31)/t19-,22+/m1/s1. The first-order valence-electron chi connectivity index (χ1n) is 13.0. The largest absolute Gasteiger partial charge is 0.496 e. The zero-order valence-electron chi connectivity index (χ0n) is 21.8. The van der Waals surface area contributed by atoms with Gasteiger partial charge in [0.1, 0.15) is 17.3 Å². The van der Waals surface area contributed by atoms with Gasteiger partial charge in [0, 0.05) is 49.0 Å². The molecule has 35 heavy (non-hydrogen) atoms. The Kier molecular flexibility index (Phi) is 10.4. The fourth-order valence-electron chi connectivity index (χ4n) is 4.87. The van der Waals surface area contributed by atoms with Crippen LogP contribution in [0, 0.1) is 6.92 Å². The Hall–Kier alpha value is -2.58. The van der Waals surface area contributed by atoms with Gasteiger partial charge in [-0.15, -0.1) is 0 Å². The molecule has 0 bridgehead atoms. The van der Waals surface area contributed by atoms with E-state index >= 15 is 0 Å². The van der Waals surface area contributed by atoms with Crippen molar-refractivity contribution in [2.75, 3.05) is 44.5 Å². The van der Waals surface area contributed by atoms with Crippen LogP contribution in [0.15, 0.2) is 18.2 Å². The number of hydrogen-bond donors (Lipinski definition) is 3. The number of aliphatic hydroxyl groups excluding tert-OH is 1. The van der Waals surface area contributed by atoms with Gasteiger partial charge in [0.05, 0.1) is 13.7 Å². The molecule has 1 aliphatic heterocycles. The van der Waals surface area contributed by atoms with Gasteiger partial charge in [0.15, 0.2) is 0 Å². The van der Waals surface area contributed by atoms with Gasteiger partial charge >= 0.3 is 0 Å². The predicted molar refractivity (Wildman–Crippen MR) is 141 cm³/mol. The Labute approximate surface area is 210 Å². The smallest absolute Gasteiger partial charge is 0.222 e. The van der Waals surface area contributed by atoms with Crippen molar-refractivity contribution in [3.05, 3.63) is 35.0 Å². The Bertz CT molecular complexity index is 933. The van der Waals surface area contributed by atoms with Gasteiger partial charge < -0.3 is 30.5 Å². The van der Waals surface area contributed by atoms with E-state index in [1.807, 2.05) is 25.1 Å². The van der Waals surface area contributed by atoms with Crippen molar-refractivity contribution < 1.29 is 14.6 Å². The Morgan fingerprint density at radius 3 is 2.80 bits per heavy atom. The molecule has 0 aliphatic carbocycles. The highest BCUT2D eigenvalue weighted by Gasteiger charge is 2.20. The van der Waals surface area contributed by atoms with Crippen LogP contribution < -0.4 is 20.5 Å². The van der Waals surface area contributed by atoms with Gasteiger partial charge in [-0.05, 0) is 64.1 Å². The third kappa shape index (κ3) is 7.70. The second kappa shape index (κ2) is 13.5. The van der Waals surface area contributed by atoms with E-state index in [0.29, 0.717) is 25.5 Å². The zero-order chi connectivity index (χ0) is 25.2. The number of ether oxygens (including phenoxy) is 2. The highest BCUT2D eigenvalue weighted by atomic mass is 16.5. The number of aryl methyl sites for hydroxylation is 1. The van der Waals surface area contributed by atoms with Crippen LogP contribution in [-0.2, 0) is 6.42 Å². The first-order valence-corrected chi connectivity index (χ1v) is 13.0. The molecule has 0 radical (unpaired) electrons. The second-order valence-electron chi connectivity index (χ2n) is 9.52. The predicted octanol–water partition coefficient (Wildman–Crippen LogP) is 4.18. The van der Waals surface area contributed by atoms with Gasteiger partial charge in [0.2, 0.25) is 5.95 Å². The van der Waals surface area contributed by atoms with Crippen molar-refractivity contribution in [1.82, 2.24) is 14.9 Å². The highest BCUT2D eigenvalue weighted by Crippen LogP contribution is 2.30. The molecule has 8 nitrogen and oxygen atoms in total. The molecule has 0 saturated carbocycles. The van der Waals surface area contributed by atoms with Crippen molar-refractivity contribution in [2.45, 2.75) is 77.8 Å². The van der Waals surface area contributed by atoms with Crippen LogP contribution in [0.4, 0.5) is 11.8 Å². The number of benzene rings is 1. The Morgan fingerprint density at radius 2 is 2.11 bits per heavy atom. The average Bonchev–Trinajstić information content (AvgIpc) is 3.24. The topological polar surface area (TPSA) is 106 Å². The maximum absolute atomic E-state index is 9.47. The molecule has 2 heterocycles. The molecule has 1 saturated heterocycles. The van der Waals surface area contributed by atoms with E-state index in [1.54, 1.807) is 7.11 Å². The van der Waals surface area contributed by atoms with Gasteiger partial charge in [-0.25, -0.2) is 4.98 Å².